The Balaban J connectivity index is 1.86. The second-order valence-electron chi connectivity index (χ2n) is 6.43. The number of nitrogens with one attached hydrogen (secondary N) is 1. The van der Waals surface area contributed by atoms with Gasteiger partial charge >= 0.3 is 6.09 Å². The maximum absolute atomic E-state index is 11.7. The van der Waals surface area contributed by atoms with Gasteiger partial charge in [-0.25, -0.2) is 4.79 Å². The van der Waals surface area contributed by atoms with Crippen LogP contribution in [0.4, 0.5) is 4.79 Å². The molecule has 2 saturated carbocycles. The average molecular weight is 241 g/mol. The number of alkyl carbamates (subject to hydrolysis) is 1. The molecular formula is C13H23NO3. The highest BCUT2D eigenvalue weighted by atomic mass is 16.6. The molecule has 4 heteroatoms. The summed E-state index contributed by atoms with van der Waals surface area (Å²) in [5.41, 5.74) is -0.446. The number of carbonyl (C=O) groups excluding carboxylic acids is 1. The van der Waals surface area contributed by atoms with Gasteiger partial charge in [-0.15, -0.1) is 0 Å². The molecule has 4 nitrogen and oxygen atoms in total. The summed E-state index contributed by atoms with van der Waals surface area (Å²) in [4.78, 5) is 11.7. The number of rotatable bonds is 2. The summed E-state index contributed by atoms with van der Waals surface area (Å²) in [6, 6.07) is 0.195. The molecule has 0 aromatic rings. The van der Waals surface area contributed by atoms with Crippen molar-refractivity contribution in [2.75, 3.05) is 6.61 Å². The zero-order valence-electron chi connectivity index (χ0n) is 10.9. The molecule has 0 saturated heterocycles. The third-order valence-corrected chi connectivity index (χ3v) is 3.89. The Morgan fingerprint density at radius 1 is 1.35 bits per heavy atom. The van der Waals surface area contributed by atoms with Crippen LogP contribution in [0.15, 0.2) is 0 Å². The molecular weight excluding hydrogens is 218 g/mol. The van der Waals surface area contributed by atoms with E-state index in [0.717, 1.165) is 19.3 Å². The second-order valence-corrected chi connectivity index (χ2v) is 6.43. The topological polar surface area (TPSA) is 58.6 Å². The molecule has 2 aliphatic carbocycles. The fourth-order valence-corrected chi connectivity index (χ4v) is 3.33. The molecule has 2 rings (SSSR count). The van der Waals surface area contributed by atoms with Crippen molar-refractivity contribution in [3.05, 3.63) is 0 Å². The number of aliphatic hydroxyl groups is 1. The maximum Gasteiger partial charge on any atom is 0.407 e. The predicted octanol–water partition coefficient (Wildman–Crippen LogP) is 1.92. The molecule has 4 atom stereocenters. The summed E-state index contributed by atoms with van der Waals surface area (Å²) < 4.78 is 5.26. The van der Waals surface area contributed by atoms with Gasteiger partial charge in [-0.3, -0.25) is 0 Å². The van der Waals surface area contributed by atoms with Crippen molar-refractivity contribution in [1.82, 2.24) is 5.32 Å². The molecule has 2 aliphatic rings. The van der Waals surface area contributed by atoms with E-state index in [-0.39, 0.29) is 18.7 Å². The van der Waals surface area contributed by atoms with Gasteiger partial charge in [0.1, 0.15) is 5.60 Å². The van der Waals surface area contributed by atoms with Crippen molar-refractivity contribution in [3.8, 4) is 0 Å². The Bertz CT molecular complexity index is 298. The van der Waals surface area contributed by atoms with E-state index < -0.39 is 5.60 Å². The van der Waals surface area contributed by atoms with E-state index in [9.17, 15) is 9.90 Å². The lowest BCUT2D eigenvalue weighted by Crippen LogP contribution is -2.44. The van der Waals surface area contributed by atoms with E-state index in [1.165, 1.54) is 0 Å². The summed E-state index contributed by atoms with van der Waals surface area (Å²) in [5, 5.41) is 12.2. The lowest BCUT2D eigenvalue weighted by molar-refractivity contribution is 0.0461. The Hall–Kier alpha value is -0.770. The molecule has 17 heavy (non-hydrogen) atoms. The number of aliphatic hydroxyl groups excluding tert-OH is 1. The molecule has 2 fully saturated rings. The highest BCUT2D eigenvalue weighted by molar-refractivity contribution is 5.68. The quantitative estimate of drug-likeness (QED) is 0.776. The fraction of sp³-hybridized carbons (Fsp3) is 0.923. The minimum absolute atomic E-state index is 0.195. The molecule has 0 heterocycles. The molecule has 2 N–H and O–H groups in total. The van der Waals surface area contributed by atoms with Gasteiger partial charge in [0.2, 0.25) is 0 Å². The Kier molecular flexibility index (Phi) is 3.34. The van der Waals surface area contributed by atoms with Gasteiger partial charge in [-0.1, -0.05) is 0 Å². The van der Waals surface area contributed by atoms with Crippen molar-refractivity contribution < 1.29 is 14.6 Å². The van der Waals surface area contributed by atoms with Gasteiger partial charge < -0.3 is 15.2 Å². The lowest BCUT2D eigenvalue weighted by atomic mass is 9.86. The van der Waals surface area contributed by atoms with Crippen molar-refractivity contribution in [3.63, 3.8) is 0 Å². The van der Waals surface area contributed by atoms with E-state index in [4.69, 9.17) is 4.74 Å². The molecule has 1 amide bonds. The van der Waals surface area contributed by atoms with Crippen LogP contribution in [0.1, 0.15) is 40.0 Å². The first-order valence-corrected chi connectivity index (χ1v) is 6.49. The van der Waals surface area contributed by atoms with Crippen molar-refractivity contribution in [1.29, 1.82) is 0 Å². The largest absolute Gasteiger partial charge is 0.444 e. The molecule has 2 bridgehead atoms. The first kappa shape index (κ1) is 12.7. The fourth-order valence-electron chi connectivity index (χ4n) is 3.33. The molecule has 0 spiro atoms. The van der Waals surface area contributed by atoms with E-state index in [1.54, 1.807) is 0 Å². The van der Waals surface area contributed by atoms with E-state index >= 15 is 0 Å². The van der Waals surface area contributed by atoms with Gasteiger partial charge in [0.15, 0.2) is 0 Å². The van der Waals surface area contributed by atoms with Crippen LogP contribution in [0.3, 0.4) is 0 Å². The van der Waals surface area contributed by atoms with Gasteiger partial charge in [-0.2, -0.15) is 0 Å². The standard InChI is InChI=1S/C13H23NO3/c1-13(2,3)17-12(16)14-11-6-8-4-9(7-15)10(11)5-8/h8-11,15H,4-7H2,1-3H3,(H,14,16)/t8?,9-,10?,11+/m1/s1. The first-order chi connectivity index (χ1) is 7.89. The number of amides is 1. The summed E-state index contributed by atoms with van der Waals surface area (Å²) in [7, 11) is 0. The van der Waals surface area contributed by atoms with Crippen molar-refractivity contribution >= 4 is 6.09 Å². The SMILES string of the molecule is CC(C)(C)OC(=O)N[C@H]1CC2CC1[C@@H](CO)C2. The van der Waals surface area contributed by atoms with Crippen LogP contribution in [-0.4, -0.2) is 29.4 Å². The number of carbonyl (C=O) groups is 1. The smallest absolute Gasteiger partial charge is 0.407 e. The van der Waals surface area contributed by atoms with Gasteiger partial charge in [0.05, 0.1) is 0 Å². The van der Waals surface area contributed by atoms with Gasteiger partial charge in [0.25, 0.3) is 0 Å². The average Bonchev–Trinajstić information content (AvgIpc) is 2.72. The Labute approximate surface area is 103 Å². The van der Waals surface area contributed by atoms with Crippen LogP contribution in [0, 0.1) is 17.8 Å². The van der Waals surface area contributed by atoms with Crippen molar-refractivity contribution in [2.45, 2.75) is 51.7 Å². The van der Waals surface area contributed by atoms with E-state index in [0.29, 0.717) is 17.8 Å². The van der Waals surface area contributed by atoms with E-state index in [2.05, 4.69) is 5.32 Å². The summed E-state index contributed by atoms with van der Waals surface area (Å²) in [6.45, 7) is 5.84. The zero-order chi connectivity index (χ0) is 12.6. The minimum Gasteiger partial charge on any atom is -0.444 e. The van der Waals surface area contributed by atoms with Crippen LogP contribution in [0.5, 0.6) is 0 Å². The number of hydrogen-bond acceptors (Lipinski definition) is 3. The third-order valence-electron chi connectivity index (χ3n) is 3.89. The van der Waals surface area contributed by atoms with Crippen LogP contribution in [-0.2, 0) is 4.74 Å². The summed E-state index contributed by atoms with van der Waals surface area (Å²) in [5.74, 6) is 1.49. The molecule has 0 aromatic carbocycles. The number of hydrogen-bond donors (Lipinski definition) is 2. The third kappa shape index (κ3) is 2.92. The normalized spacial score (nSPS) is 36.0. The number of fused-ring (bicyclic) bond motifs is 2. The Morgan fingerprint density at radius 3 is 2.59 bits per heavy atom. The molecule has 0 radical (unpaired) electrons. The second kappa shape index (κ2) is 4.48. The molecule has 2 unspecified atom stereocenters. The minimum atomic E-state index is -0.446. The lowest BCUT2D eigenvalue weighted by Gasteiger charge is -2.30. The van der Waals surface area contributed by atoms with E-state index in [1.807, 2.05) is 20.8 Å². The molecule has 0 aromatic heterocycles. The maximum atomic E-state index is 11.7. The summed E-state index contributed by atoms with van der Waals surface area (Å²) in [6.07, 6.45) is 2.98. The Morgan fingerprint density at radius 2 is 2.06 bits per heavy atom. The first-order valence-electron chi connectivity index (χ1n) is 6.49. The van der Waals surface area contributed by atoms with Crippen LogP contribution in [0.2, 0.25) is 0 Å². The molecule has 98 valence electrons. The van der Waals surface area contributed by atoms with Crippen LogP contribution < -0.4 is 5.32 Å². The van der Waals surface area contributed by atoms with Gasteiger partial charge in [0, 0.05) is 12.6 Å². The van der Waals surface area contributed by atoms with Crippen LogP contribution >= 0.6 is 0 Å². The van der Waals surface area contributed by atoms with Gasteiger partial charge in [-0.05, 0) is 57.8 Å². The number of ether oxygens (including phenoxy) is 1. The molecule has 0 aliphatic heterocycles. The highest BCUT2D eigenvalue weighted by Gasteiger charge is 2.46. The predicted molar refractivity (Wildman–Crippen MR) is 64.6 cm³/mol. The summed E-state index contributed by atoms with van der Waals surface area (Å²) >= 11 is 0. The zero-order valence-corrected chi connectivity index (χ0v) is 10.9. The monoisotopic (exact) mass is 241 g/mol. The highest BCUT2D eigenvalue weighted by Crippen LogP contribution is 2.48. The van der Waals surface area contributed by atoms with Crippen LogP contribution in [0.25, 0.3) is 0 Å². The van der Waals surface area contributed by atoms with Crippen molar-refractivity contribution in [2.24, 2.45) is 17.8 Å².